The van der Waals surface area contributed by atoms with Gasteiger partial charge in [-0.3, -0.25) is 4.79 Å². The predicted octanol–water partition coefficient (Wildman–Crippen LogP) is 2.21. The van der Waals surface area contributed by atoms with E-state index in [1.807, 2.05) is 6.92 Å². The molecule has 0 saturated heterocycles. The Bertz CT molecular complexity index is 371. The van der Waals surface area contributed by atoms with Gasteiger partial charge in [0.2, 0.25) is 5.91 Å². The third-order valence-electron chi connectivity index (χ3n) is 3.05. The van der Waals surface area contributed by atoms with Gasteiger partial charge in [-0.1, -0.05) is 38.1 Å². The van der Waals surface area contributed by atoms with Crippen molar-refractivity contribution >= 4 is 5.91 Å². The molecule has 0 radical (unpaired) electrons. The molecule has 1 rings (SSSR count). The Morgan fingerprint density at radius 2 is 1.83 bits per heavy atom. The molecule has 3 N–H and O–H groups in total. The van der Waals surface area contributed by atoms with E-state index < -0.39 is 0 Å². The Morgan fingerprint density at radius 3 is 2.33 bits per heavy atom. The van der Waals surface area contributed by atoms with Crippen molar-refractivity contribution in [1.82, 2.24) is 5.32 Å². The molecule has 0 aromatic heterocycles. The van der Waals surface area contributed by atoms with E-state index in [0.717, 1.165) is 6.42 Å². The maximum absolute atomic E-state index is 11.6. The van der Waals surface area contributed by atoms with Crippen LogP contribution in [0.1, 0.15) is 44.2 Å². The Kier molecular flexibility index (Phi) is 5.86. The Hall–Kier alpha value is -1.35. The highest BCUT2D eigenvalue weighted by Gasteiger charge is 2.06. The van der Waals surface area contributed by atoms with Crippen molar-refractivity contribution in [3.05, 3.63) is 35.4 Å². The fourth-order valence-electron chi connectivity index (χ4n) is 1.73. The van der Waals surface area contributed by atoms with Crippen molar-refractivity contribution < 1.29 is 4.79 Å². The normalized spacial score (nSPS) is 12.5. The summed E-state index contributed by atoms with van der Waals surface area (Å²) in [6, 6.07) is 8.55. The maximum atomic E-state index is 11.6. The molecule has 3 nitrogen and oxygen atoms in total. The summed E-state index contributed by atoms with van der Waals surface area (Å²) in [7, 11) is 0. The SMILES string of the molecule is CC(C)c1ccc(CCC(=O)N[C@@H](C)CN)cc1. The van der Waals surface area contributed by atoms with Gasteiger partial charge in [0.25, 0.3) is 0 Å². The summed E-state index contributed by atoms with van der Waals surface area (Å²) in [6.07, 6.45) is 1.30. The van der Waals surface area contributed by atoms with Gasteiger partial charge in [0.1, 0.15) is 0 Å². The molecule has 3 heteroatoms. The van der Waals surface area contributed by atoms with Crippen molar-refractivity contribution in [2.75, 3.05) is 6.54 Å². The van der Waals surface area contributed by atoms with Gasteiger partial charge in [-0.15, -0.1) is 0 Å². The molecular weight excluding hydrogens is 224 g/mol. The third-order valence-corrected chi connectivity index (χ3v) is 3.05. The highest BCUT2D eigenvalue weighted by atomic mass is 16.1. The van der Waals surface area contributed by atoms with E-state index in [9.17, 15) is 4.79 Å². The van der Waals surface area contributed by atoms with Crippen LogP contribution in [-0.2, 0) is 11.2 Å². The number of nitrogens with one attached hydrogen (secondary N) is 1. The number of carbonyl (C=O) groups is 1. The van der Waals surface area contributed by atoms with E-state index >= 15 is 0 Å². The first-order valence-electron chi connectivity index (χ1n) is 6.61. The molecule has 0 aliphatic carbocycles. The van der Waals surface area contributed by atoms with Gasteiger partial charge in [0, 0.05) is 19.0 Å². The summed E-state index contributed by atoms with van der Waals surface area (Å²) < 4.78 is 0. The zero-order valence-corrected chi connectivity index (χ0v) is 11.6. The van der Waals surface area contributed by atoms with Crippen LogP contribution in [0.5, 0.6) is 0 Å². The van der Waals surface area contributed by atoms with Crippen LogP contribution in [0, 0.1) is 0 Å². The second-order valence-electron chi connectivity index (χ2n) is 5.10. The Morgan fingerprint density at radius 1 is 1.22 bits per heavy atom. The molecule has 0 unspecified atom stereocenters. The van der Waals surface area contributed by atoms with Crippen LogP contribution in [0.25, 0.3) is 0 Å². The average Bonchev–Trinajstić information content (AvgIpc) is 2.36. The van der Waals surface area contributed by atoms with Crippen LogP contribution in [0.3, 0.4) is 0 Å². The molecule has 0 aliphatic rings. The minimum absolute atomic E-state index is 0.0563. The van der Waals surface area contributed by atoms with Gasteiger partial charge in [0.05, 0.1) is 0 Å². The molecule has 1 aromatic carbocycles. The van der Waals surface area contributed by atoms with Gasteiger partial charge in [0.15, 0.2) is 0 Å². The Labute approximate surface area is 110 Å². The average molecular weight is 248 g/mol. The van der Waals surface area contributed by atoms with Crippen LogP contribution in [-0.4, -0.2) is 18.5 Å². The summed E-state index contributed by atoms with van der Waals surface area (Å²) in [5, 5.41) is 2.87. The number of amides is 1. The molecule has 0 saturated carbocycles. The van der Waals surface area contributed by atoms with Gasteiger partial charge in [-0.25, -0.2) is 0 Å². The minimum Gasteiger partial charge on any atom is -0.352 e. The quantitative estimate of drug-likeness (QED) is 0.811. The monoisotopic (exact) mass is 248 g/mol. The highest BCUT2D eigenvalue weighted by molar-refractivity contribution is 5.76. The summed E-state index contributed by atoms with van der Waals surface area (Å²) >= 11 is 0. The molecule has 0 bridgehead atoms. The number of rotatable bonds is 6. The first kappa shape index (κ1) is 14.7. The van der Waals surface area contributed by atoms with E-state index in [1.54, 1.807) is 0 Å². The lowest BCUT2D eigenvalue weighted by Crippen LogP contribution is -2.37. The topological polar surface area (TPSA) is 55.1 Å². The van der Waals surface area contributed by atoms with Crippen molar-refractivity contribution in [2.45, 2.75) is 45.6 Å². The second-order valence-corrected chi connectivity index (χ2v) is 5.10. The van der Waals surface area contributed by atoms with Crippen LogP contribution < -0.4 is 11.1 Å². The third kappa shape index (κ3) is 4.88. The zero-order valence-electron chi connectivity index (χ0n) is 11.6. The molecule has 0 fully saturated rings. The summed E-state index contributed by atoms with van der Waals surface area (Å²) in [5.41, 5.74) is 7.99. The van der Waals surface area contributed by atoms with Crippen molar-refractivity contribution in [3.63, 3.8) is 0 Å². The molecule has 1 amide bonds. The van der Waals surface area contributed by atoms with Crippen LogP contribution in [0.4, 0.5) is 0 Å². The molecule has 1 aromatic rings. The van der Waals surface area contributed by atoms with Crippen LogP contribution >= 0.6 is 0 Å². The molecule has 100 valence electrons. The van der Waals surface area contributed by atoms with Crippen LogP contribution in [0.15, 0.2) is 24.3 Å². The number of hydrogen-bond donors (Lipinski definition) is 2. The number of aryl methyl sites for hydroxylation is 1. The summed E-state index contributed by atoms with van der Waals surface area (Å²) in [5.74, 6) is 0.619. The molecule has 18 heavy (non-hydrogen) atoms. The zero-order chi connectivity index (χ0) is 13.5. The van der Waals surface area contributed by atoms with Crippen molar-refractivity contribution in [3.8, 4) is 0 Å². The summed E-state index contributed by atoms with van der Waals surface area (Å²) in [6.45, 7) is 6.75. The number of benzene rings is 1. The van der Waals surface area contributed by atoms with E-state index in [2.05, 4.69) is 43.4 Å². The lowest BCUT2D eigenvalue weighted by molar-refractivity contribution is -0.121. The minimum atomic E-state index is 0.0563. The lowest BCUT2D eigenvalue weighted by Gasteiger charge is -2.11. The second kappa shape index (κ2) is 7.17. The molecular formula is C15H24N2O. The van der Waals surface area contributed by atoms with Gasteiger partial charge >= 0.3 is 0 Å². The van der Waals surface area contributed by atoms with Gasteiger partial charge in [-0.2, -0.15) is 0 Å². The molecule has 1 atom stereocenters. The van der Waals surface area contributed by atoms with Crippen molar-refractivity contribution in [2.24, 2.45) is 5.73 Å². The lowest BCUT2D eigenvalue weighted by atomic mass is 10.0. The first-order chi connectivity index (χ1) is 8.52. The standard InChI is InChI=1S/C15H24N2O/c1-11(2)14-7-4-13(5-8-14)6-9-15(18)17-12(3)10-16/h4-5,7-8,11-12H,6,9-10,16H2,1-3H3,(H,17,18)/t12-/m0/s1. The predicted molar refractivity (Wildman–Crippen MR) is 75.5 cm³/mol. The van der Waals surface area contributed by atoms with Crippen molar-refractivity contribution in [1.29, 1.82) is 0 Å². The van der Waals surface area contributed by atoms with E-state index in [0.29, 0.717) is 18.9 Å². The maximum Gasteiger partial charge on any atom is 0.220 e. The summed E-state index contributed by atoms with van der Waals surface area (Å²) in [4.78, 5) is 11.6. The van der Waals surface area contributed by atoms with Crippen LogP contribution in [0.2, 0.25) is 0 Å². The number of hydrogen-bond acceptors (Lipinski definition) is 2. The van der Waals surface area contributed by atoms with E-state index in [-0.39, 0.29) is 11.9 Å². The van der Waals surface area contributed by atoms with Gasteiger partial charge < -0.3 is 11.1 Å². The Balaban J connectivity index is 2.41. The van der Waals surface area contributed by atoms with E-state index in [1.165, 1.54) is 11.1 Å². The fourth-order valence-corrected chi connectivity index (χ4v) is 1.73. The molecule has 0 aliphatic heterocycles. The first-order valence-corrected chi connectivity index (χ1v) is 6.61. The van der Waals surface area contributed by atoms with E-state index in [4.69, 9.17) is 5.73 Å². The smallest absolute Gasteiger partial charge is 0.220 e. The largest absolute Gasteiger partial charge is 0.352 e. The highest BCUT2D eigenvalue weighted by Crippen LogP contribution is 2.15. The number of nitrogens with two attached hydrogens (primary N) is 1. The van der Waals surface area contributed by atoms with Gasteiger partial charge in [-0.05, 0) is 30.4 Å². The fraction of sp³-hybridized carbons (Fsp3) is 0.533. The number of carbonyl (C=O) groups excluding carboxylic acids is 1. The molecule has 0 heterocycles. The molecule has 0 spiro atoms.